The van der Waals surface area contributed by atoms with Crippen molar-refractivity contribution in [1.82, 2.24) is 14.9 Å². The van der Waals surface area contributed by atoms with Gasteiger partial charge in [-0.1, -0.05) is 28.6 Å². The van der Waals surface area contributed by atoms with Gasteiger partial charge in [-0.05, 0) is 28.1 Å². The van der Waals surface area contributed by atoms with Gasteiger partial charge in [-0.25, -0.2) is 4.68 Å². The van der Waals surface area contributed by atoms with Gasteiger partial charge in [0.2, 0.25) is 0 Å². The third-order valence-electron chi connectivity index (χ3n) is 2.12. The highest BCUT2D eigenvalue weighted by atomic mass is 79.9. The molecule has 1 aromatic carbocycles. The minimum absolute atomic E-state index is 0.424. The normalized spacial score (nSPS) is 10.8. The molecule has 0 fully saturated rings. The number of halogens is 2. The number of rotatable bonds is 5. The van der Waals surface area contributed by atoms with Gasteiger partial charge in [0.05, 0.1) is 10.7 Å². The van der Waals surface area contributed by atoms with Crippen LogP contribution in [0.5, 0.6) is 5.75 Å². The van der Waals surface area contributed by atoms with Crippen molar-refractivity contribution >= 4 is 38.1 Å². The highest BCUT2D eigenvalue weighted by molar-refractivity contribution is 9.11. The molecule has 5 nitrogen and oxygen atoms in total. The first kappa shape index (κ1) is 14.0. The summed E-state index contributed by atoms with van der Waals surface area (Å²) in [6.07, 6.45) is 6.38. The summed E-state index contributed by atoms with van der Waals surface area (Å²) in [5, 5.41) is 11.6. The smallest absolute Gasteiger partial charge is 0.142 e. The summed E-state index contributed by atoms with van der Waals surface area (Å²) in [4.78, 5) is 0. The van der Waals surface area contributed by atoms with Gasteiger partial charge in [0, 0.05) is 10.0 Å². The second kappa shape index (κ2) is 6.63. The quantitative estimate of drug-likeness (QED) is 0.586. The van der Waals surface area contributed by atoms with Crippen LogP contribution >= 0.6 is 31.9 Å². The highest BCUT2D eigenvalue weighted by Crippen LogP contribution is 2.32. The molecule has 0 aliphatic heterocycles. The summed E-state index contributed by atoms with van der Waals surface area (Å²) >= 11 is 6.90. The fraction of sp³-hybridized carbons (Fsp3) is 0.0833. The van der Waals surface area contributed by atoms with Crippen LogP contribution < -0.4 is 4.74 Å². The summed E-state index contributed by atoms with van der Waals surface area (Å²) in [5.74, 6) is 0.708. The molecule has 0 spiro atoms. The van der Waals surface area contributed by atoms with Gasteiger partial charge in [-0.15, -0.1) is 10.2 Å². The van der Waals surface area contributed by atoms with E-state index in [2.05, 4.69) is 53.7 Å². The summed E-state index contributed by atoms with van der Waals surface area (Å²) in [6.45, 7) is 4.06. The van der Waals surface area contributed by atoms with Crippen LogP contribution in [-0.4, -0.2) is 27.7 Å². The van der Waals surface area contributed by atoms with Crippen molar-refractivity contribution in [1.29, 1.82) is 0 Å². The minimum atomic E-state index is 0.424. The summed E-state index contributed by atoms with van der Waals surface area (Å²) < 4.78 is 8.90. The van der Waals surface area contributed by atoms with E-state index in [0.717, 1.165) is 14.5 Å². The van der Waals surface area contributed by atoms with E-state index in [0.29, 0.717) is 12.4 Å². The number of nitrogens with zero attached hydrogens (tertiary/aromatic N) is 4. The van der Waals surface area contributed by atoms with Crippen LogP contribution in [0.4, 0.5) is 0 Å². The van der Waals surface area contributed by atoms with Crippen LogP contribution in [0.3, 0.4) is 0 Å². The molecule has 0 bridgehead atoms. The minimum Gasteiger partial charge on any atom is -0.488 e. The molecule has 0 atom stereocenters. The van der Waals surface area contributed by atoms with Gasteiger partial charge in [0.25, 0.3) is 0 Å². The first-order valence-electron chi connectivity index (χ1n) is 5.32. The van der Waals surface area contributed by atoms with E-state index in [9.17, 15) is 0 Å². The maximum Gasteiger partial charge on any atom is 0.142 e. The molecule has 0 aliphatic rings. The maximum absolute atomic E-state index is 5.62. The molecule has 2 rings (SSSR count). The van der Waals surface area contributed by atoms with Crippen LogP contribution in [0, 0.1) is 0 Å². The van der Waals surface area contributed by atoms with Crippen LogP contribution in [0.2, 0.25) is 0 Å². The van der Waals surface area contributed by atoms with E-state index in [1.807, 2.05) is 12.1 Å². The van der Waals surface area contributed by atoms with Crippen LogP contribution in [0.1, 0.15) is 5.56 Å². The zero-order valence-electron chi connectivity index (χ0n) is 9.83. The number of benzene rings is 1. The van der Waals surface area contributed by atoms with Crippen molar-refractivity contribution in [2.45, 2.75) is 0 Å². The largest absolute Gasteiger partial charge is 0.488 e. The number of ether oxygens (including phenoxy) is 1. The molecule has 0 unspecified atom stereocenters. The Morgan fingerprint density at radius 3 is 2.74 bits per heavy atom. The average molecular weight is 386 g/mol. The maximum atomic E-state index is 5.62. The van der Waals surface area contributed by atoms with E-state index in [1.165, 1.54) is 17.3 Å². The van der Waals surface area contributed by atoms with E-state index >= 15 is 0 Å². The molecule has 0 saturated heterocycles. The predicted molar refractivity (Wildman–Crippen MR) is 80.5 cm³/mol. The standard InChI is InChI=1S/C12H10Br2N4O/c1-2-3-19-12-9(4-10(13)5-11(12)14)6-17-18-7-15-16-8-18/h2,4-8H,1,3H2/b17-6+. The van der Waals surface area contributed by atoms with Crippen LogP contribution in [0.15, 0.2) is 51.5 Å². The Bertz CT molecular complexity index is 596. The highest BCUT2D eigenvalue weighted by Gasteiger charge is 2.08. The summed E-state index contributed by atoms with van der Waals surface area (Å²) in [6, 6.07) is 3.82. The molecule has 98 valence electrons. The summed E-state index contributed by atoms with van der Waals surface area (Å²) in [5.41, 5.74) is 0.830. The molecule has 2 aromatic rings. The Morgan fingerprint density at radius 2 is 2.05 bits per heavy atom. The number of hydrogen-bond acceptors (Lipinski definition) is 4. The monoisotopic (exact) mass is 384 g/mol. The molecule has 0 aliphatic carbocycles. The SMILES string of the molecule is C=CCOc1c(Br)cc(Br)cc1/C=N/n1cnnc1. The van der Waals surface area contributed by atoms with E-state index in [1.54, 1.807) is 12.3 Å². The lowest BCUT2D eigenvalue weighted by Crippen LogP contribution is -1.99. The van der Waals surface area contributed by atoms with Crippen molar-refractivity contribution in [3.63, 3.8) is 0 Å². The lowest BCUT2D eigenvalue weighted by atomic mass is 10.2. The molecule has 7 heteroatoms. The first-order chi connectivity index (χ1) is 9.20. The molecule has 0 amide bonds. The molecule has 1 aromatic heterocycles. The lowest BCUT2D eigenvalue weighted by Gasteiger charge is -2.10. The first-order valence-corrected chi connectivity index (χ1v) is 6.91. The number of hydrogen-bond donors (Lipinski definition) is 0. The Kier molecular flexibility index (Phi) is 4.86. The zero-order chi connectivity index (χ0) is 13.7. The van der Waals surface area contributed by atoms with Gasteiger partial charge in [0.1, 0.15) is 25.0 Å². The molecule has 19 heavy (non-hydrogen) atoms. The van der Waals surface area contributed by atoms with Crippen LogP contribution in [-0.2, 0) is 0 Å². The Balaban J connectivity index is 2.34. The van der Waals surface area contributed by atoms with Crippen molar-refractivity contribution < 1.29 is 4.74 Å². The lowest BCUT2D eigenvalue weighted by molar-refractivity contribution is 0.360. The van der Waals surface area contributed by atoms with Gasteiger partial charge in [-0.2, -0.15) is 5.10 Å². The fourth-order valence-corrected chi connectivity index (χ4v) is 2.73. The molecular weight excluding hydrogens is 376 g/mol. The molecule has 0 N–H and O–H groups in total. The van der Waals surface area contributed by atoms with Crippen LogP contribution in [0.25, 0.3) is 0 Å². The van der Waals surface area contributed by atoms with Gasteiger partial charge >= 0.3 is 0 Å². The predicted octanol–water partition coefficient (Wildman–Crippen LogP) is 3.25. The third-order valence-corrected chi connectivity index (χ3v) is 3.17. The van der Waals surface area contributed by atoms with Crippen molar-refractivity contribution in [3.8, 4) is 5.75 Å². The fourth-order valence-electron chi connectivity index (χ4n) is 1.35. The third kappa shape index (κ3) is 3.74. The van der Waals surface area contributed by atoms with Crippen molar-refractivity contribution in [2.75, 3.05) is 6.61 Å². The van der Waals surface area contributed by atoms with Gasteiger partial charge < -0.3 is 4.74 Å². The Morgan fingerprint density at radius 1 is 1.32 bits per heavy atom. The van der Waals surface area contributed by atoms with E-state index in [4.69, 9.17) is 4.74 Å². The zero-order valence-corrected chi connectivity index (χ0v) is 13.0. The Labute approximate surface area is 127 Å². The second-order valence-corrected chi connectivity index (χ2v) is 5.26. The molecule has 1 heterocycles. The van der Waals surface area contributed by atoms with Crippen molar-refractivity contribution in [3.05, 3.63) is 52.0 Å². The molecular formula is C12H10Br2N4O. The summed E-state index contributed by atoms with van der Waals surface area (Å²) in [7, 11) is 0. The van der Waals surface area contributed by atoms with Gasteiger partial charge in [-0.3, -0.25) is 0 Å². The molecule has 0 radical (unpaired) electrons. The number of aromatic nitrogens is 3. The Hall–Kier alpha value is -1.47. The van der Waals surface area contributed by atoms with E-state index < -0.39 is 0 Å². The van der Waals surface area contributed by atoms with Gasteiger partial charge in [0.15, 0.2) is 0 Å². The molecule has 0 saturated carbocycles. The second-order valence-electron chi connectivity index (χ2n) is 3.49. The topological polar surface area (TPSA) is 52.3 Å². The van der Waals surface area contributed by atoms with E-state index in [-0.39, 0.29) is 0 Å². The average Bonchev–Trinajstić information content (AvgIpc) is 2.88. The van der Waals surface area contributed by atoms with Crippen molar-refractivity contribution in [2.24, 2.45) is 5.10 Å².